The maximum atomic E-state index is 13.0. The highest BCUT2D eigenvalue weighted by Crippen LogP contribution is 2.59. The third kappa shape index (κ3) is 3.33. The largest absolute Gasteiger partial charge is 0.450 e. The molecule has 8 heteroatoms. The zero-order chi connectivity index (χ0) is 20.1. The first-order chi connectivity index (χ1) is 13.2. The van der Waals surface area contributed by atoms with Crippen LogP contribution in [-0.4, -0.2) is 42.6 Å². The van der Waals surface area contributed by atoms with Crippen molar-refractivity contribution in [1.29, 1.82) is 0 Å². The Morgan fingerprint density at radius 3 is 2.75 bits per heavy atom. The lowest BCUT2D eigenvalue weighted by Gasteiger charge is -2.37. The highest BCUT2D eigenvalue weighted by Gasteiger charge is 2.62. The van der Waals surface area contributed by atoms with Crippen LogP contribution in [0.25, 0.3) is 0 Å². The van der Waals surface area contributed by atoms with Crippen molar-refractivity contribution in [3.63, 3.8) is 0 Å². The molecule has 2 amide bonds. The summed E-state index contributed by atoms with van der Waals surface area (Å²) in [6.07, 6.45) is -2.84. The molecule has 152 valence electrons. The number of amides is 2. The number of hydrogen-bond acceptors (Lipinski definition) is 3. The molecule has 3 aliphatic rings. The number of nitrogens with one attached hydrogen (secondary N) is 1. The van der Waals surface area contributed by atoms with Crippen molar-refractivity contribution in [2.24, 2.45) is 11.8 Å². The number of ether oxygens (including phenoxy) is 1. The Morgan fingerprint density at radius 2 is 2.07 bits per heavy atom. The summed E-state index contributed by atoms with van der Waals surface area (Å²) in [4.78, 5) is 26.0. The van der Waals surface area contributed by atoms with Crippen LogP contribution >= 0.6 is 0 Å². The SMILES string of the molecule is CCOC(=O)N[C@H]1C[C@@H](C(=O)N2CC3CC3(c3cccc(C(F)(F)F)c3)C2)C1. The Kier molecular flexibility index (Phi) is 4.55. The molecule has 1 heterocycles. The van der Waals surface area contributed by atoms with Crippen LogP contribution in [0.3, 0.4) is 0 Å². The standard InChI is InChI=1S/C20H23F3N2O3/c1-2-28-18(27)24-16-6-12(7-16)17(26)25-10-15-9-19(15,11-25)13-4-3-5-14(8-13)20(21,22)23/h3-5,8,12,15-16H,2,6-7,9-11H2,1H3,(H,24,27)/t12-,15?,16+,19?. The Hall–Kier alpha value is -2.25. The number of carbonyl (C=O) groups excluding carboxylic acids is 2. The molecule has 0 spiro atoms. The zero-order valence-electron chi connectivity index (χ0n) is 15.6. The van der Waals surface area contributed by atoms with Crippen LogP contribution in [0.4, 0.5) is 18.0 Å². The monoisotopic (exact) mass is 396 g/mol. The average molecular weight is 396 g/mol. The smallest absolute Gasteiger partial charge is 0.416 e. The molecule has 1 aromatic rings. The van der Waals surface area contributed by atoms with Gasteiger partial charge in [-0.15, -0.1) is 0 Å². The molecular weight excluding hydrogens is 373 g/mol. The van der Waals surface area contributed by atoms with E-state index in [9.17, 15) is 22.8 Å². The molecule has 0 bridgehead atoms. The first-order valence-corrected chi connectivity index (χ1v) is 9.63. The number of likely N-dealkylation sites (tertiary alicyclic amines) is 1. The molecule has 0 aromatic heterocycles. The minimum Gasteiger partial charge on any atom is -0.450 e. The summed E-state index contributed by atoms with van der Waals surface area (Å²) < 4.78 is 43.9. The van der Waals surface area contributed by atoms with Gasteiger partial charge in [-0.2, -0.15) is 13.2 Å². The fourth-order valence-electron chi connectivity index (χ4n) is 4.64. The number of benzene rings is 1. The second-order valence-electron chi connectivity index (χ2n) is 8.08. The van der Waals surface area contributed by atoms with Crippen LogP contribution in [0.1, 0.15) is 37.3 Å². The van der Waals surface area contributed by atoms with Crippen molar-refractivity contribution >= 4 is 12.0 Å². The number of piperidine rings is 1. The third-order valence-electron chi connectivity index (χ3n) is 6.31. The van der Waals surface area contributed by atoms with Crippen LogP contribution in [0.15, 0.2) is 24.3 Å². The molecule has 5 nitrogen and oxygen atoms in total. The van der Waals surface area contributed by atoms with Crippen LogP contribution in [-0.2, 0) is 21.1 Å². The molecule has 1 aliphatic heterocycles. The van der Waals surface area contributed by atoms with Gasteiger partial charge < -0.3 is 15.0 Å². The van der Waals surface area contributed by atoms with Gasteiger partial charge in [-0.25, -0.2) is 4.79 Å². The van der Waals surface area contributed by atoms with Gasteiger partial charge in [0.1, 0.15) is 0 Å². The van der Waals surface area contributed by atoms with E-state index in [1.165, 1.54) is 12.1 Å². The van der Waals surface area contributed by atoms with E-state index in [0.717, 1.165) is 12.5 Å². The minimum absolute atomic E-state index is 0.0421. The van der Waals surface area contributed by atoms with Crippen molar-refractivity contribution in [3.05, 3.63) is 35.4 Å². The maximum absolute atomic E-state index is 13.0. The van der Waals surface area contributed by atoms with E-state index >= 15 is 0 Å². The summed E-state index contributed by atoms with van der Waals surface area (Å²) in [5.74, 6) is 0.136. The second-order valence-corrected chi connectivity index (χ2v) is 8.08. The lowest BCUT2D eigenvalue weighted by Crippen LogP contribution is -2.50. The molecular formula is C20H23F3N2O3. The highest BCUT2D eigenvalue weighted by molar-refractivity contribution is 5.81. The van der Waals surface area contributed by atoms with Crippen molar-refractivity contribution in [2.75, 3.05) is 19.7 Å². The van der Waals surface area contributed by atoms with Gasteiger partial charge >= 0.3 is 12.3 Å². The molecule has 1 N–H and O–H groups in total. The zero-order valence-corrected chi connectivity index (χ0v) is 15.6. The van der Waals surface area contributed by atoms with E-state index in [1.54, 1.807) is 17.9 Å². The van der Waals surface area contributed by atoms with Gasteiger partial charge in [0.2, 0.25) is 5.91 Å². The molecule has 3 fully saturated rings. The van der Waals surface area contributed by atoms with Gasteiger partial charge in [0, 0.05) is 30.5 Å². The first-order valence-electron chi connectivity index (χ1n) is 9.63. The average Bonchev–Trinajstić information content (AvgIpc) is 3.18. The van der Waals surface area contributed by atoms with E-state index in [0.29, 0.717) is 38.1 Å². The van der Waals surface area contributed by atoms with Crippen molar-refractivity contribution in [2.45, 2.75) is 43.8 Å². The predicted molar refractivity (Wildman–Crippen MR) is 94.5 cm³/mol. The van der Waals surface area contributed by atoms with Gasteiger partial charge in [-0.1, -0.05) is 18.2 Å². The Labute approximate surface area is 161 Å². The quantitative estimate of drug-likeness (QED) is 0.849. The van der Waals surface area contributed by atoms with Gasteiger partial charge in [0.25, 0.3) is 0 Å². The summed E-state index contributed by atoms with van der Waals surface area (Å²) >= 11 is 0. The molecule has 2 atom stereocenters. The van der Waals surface area contributed by atoms with Crippen LogP contribution in [0, 0.1) is 11.8 Å². The normalized spacial score (nSPS) is 31.0. The highest BCUT2D eigenvalue weighted by atomic mass is 19.4. The topological polar surface area (TPSA) is 58.6 Å². The summed E-state index contributed by atoms with van der Waals surface area (Å²) in [6.45, 7) is 3.10. The Bertz CT molecular complexity index is 791. The summed E-state index contributed by atoms with van der Waals surface area (Å²) in [5.41, 5.74) is -0.289. The molecule has 2 unspecified atom stereocenters. The van der Waals surface area contributed by atoms with E-state index in [1.807, 2.05) is 0 Å². The lowest BCUT2D eigenvalue weighted by atomic mass is 9.79. The number of nitrogens with zero attached hydrogens (tertiary/aromatic N) is 1. The van der Waals surface area contributed by atoms with Crippen LogP contribution in [0.5, 0.6) is 0 Å². The summed E-state index contributed by atoms with van der Waals surface area (Å²) in [7, 11) is 0. The second kappa shape index (κ2) is 6.67. The number of hydrogen-bond donors (Lipinski definition) is 1. The van der Waals surface area contributed by atoms with E-state index in [2.05, 4.69) is 5.32 Å². The molecule has 4 rings (SSSR count). The molecule has 2 saturated carbocycles. The molecule has 0 radical (unpaired) electrons. The van der Waals surface area contributed by atoms with Crippen molar-refractivity contribution in [3.8, 4) is 0 Å². The summed E-state index contributed by atoms with van der Waals surface area (Å²) in [5, 5.41) is 2.73. The van der Waals surface area contributed by atoms with Crippen molar-refractivity contribution < 1.29 is 27.5 Å². The molecule has 1 aromatic carbocycles. The number of alkyl carbamates (subject to hydrolysis) is 1. The predicted octanol–water partition coefficient (Wildman–Crippen LogP) is 3.33. The number of alkyl halides is 3. The first kappa shape index (κ1) is 19.1. The maximum Gasteiger partial charge on any atom is 0.416 e. The minimum atomic E-state index is -4.36. The number of carbonyl (C=O) groups is 2. The summed E-state index contributed by atoms with van der Waals surface area (Å²) in [6, 6.07) is 5.45. The van der Waals surface area contributed by atoms with E-state index in [-0.39, 0.29) is 29.2 Å². The number of halogens is 3. The van der Waals surface area contributed by atoms with Gasteiger partial charge in [0.05, 0.1) is 12.2 Å². The van der Waals surface area contributed by atoms with Gasteiger partial charge in [-0.3, -0.25) is 4.79 Å². The Morgan fingerprint density at radius 1 is 1.32 bits per heavy atom. The number of rotatable bonds is 4. The van der Waals surface area contributed by atoms with Crippen LogP contribution in [0.2, 0.25) is 0 Å². The molecule has 1 saturated heterocycles. The lowest BCUT2D eigenvalue weighted by molar-refractivity contribution is -0.139. The van der Waals surface area contributed by atoms with Crippen molar-refractivity contribution in [1.82, 2.24) is 10.2 Å². The van der Waals surface area contributed by atoms with Crippen LogP contribution < -0.4 is 5.32 Å². The van der Waals surface area contributed by atoms with Gasteiger partial charge in [0.15, 0.2) is 0 Å². The molecule has 2 aliphatic carbocycles. The van der Waals surface area contributed by atoms with E-state index < -0.39 is 17.8 Å². The van der Waals surface area contributed by atoms with E-state index in [4.69, 9.17) is 4.74 Å². The fourth-order valence-corrected chi connectivity index (χ4v) is 4.64. The molecule has 28 heavy (non-hydrogen) atoms. The van der Waals surface area contributed by atoms with Gasteiger partial charge in [-0.05, 0) is 43.7 Å². The number of fused-ring (bicyclic) bond motifs is 1. The Balaban J connectivity index is 1.35. The third-order valence-corrected chi connectivity index (χ3v) is 6.31. The fraction of sp³-hybridized carbons (Fsp3) is 0.600.